The van der Waals surface area contributed by atoms with E-state index in [-0.39, 0.29) is 23.6 Å². The molecule has 2 aromatic rings. The molecule has 0 N–H and O–H groups in total. The number of methoxy groups -OCH3 is 2. The molecule has 0 radical (unpaired) electrons. The number of halogens is 2. The average molecular weight is 435 g/mol. The number of rotatable bonds is 4. The normalized spacial score (nSPS) is 20.8. The van der Waals surface area contributed by atoms with Gasteiger partial charge in [-0.05, 0) is 36.4 Å². The topological polar surface area (TPSA) is 77.4 Å². The molecular formula is C20H16Cl2N2O5. The Labute approximate surface area is 176 Å². The van der Waals surface area contributed by atoms with E-state index < -0.39 is 17.4 Å². The summed E-state index contributed by atoms with van der Waals surface area (Å²) in [5.41, 5.74) is -0.0854. The van der Waals surface area contributed by atoms with Crippen molar-refractivity contribution in [1.29, 1.82) is 0 Å². The first-order valence-corrected chi connectivity index (χ1v) is 9.44. The van der Waals surface area contributed by atoms with Gasteiger partial charge in [-0.1, -0.05) is 28.4 Å². The lowest BCUT2D eigenvalue weighted by molar-refractivity contribution is -0.136. The zero-order valence-corrected chi connectivity index (χ0v) is 17.1. The highest BCUT2D eigenvalue weighted by molar-refractivity contribution is 6.38. The van der Waals surface area contributed by atoms with Gasteiger partial charge in [-0.3, -0.25) is 9.59 Å². The van der Waals surface area contributed by atoms with Gasteiger partial charge in [-0.25, -0.2) is 4.90 Å². The van der Waals surface area contributed by atoms with Gasteiger partial charge in [0, 0.05) is 17.0 Å². The molecule has 1 atom stereocenters. The van der Waals surface area contributed by atoms with Crippen molar-refractivity contribution in [2.45, 2.75) is 18.4 Å². The summed E-state index contributed by atoms with van der Waals surface area (Å²) in [5, 5.41) is 4.70. The number of carbonyl (C=O) groups excluding carboxylic acids is 2. The van der Waals surface area contributed by atoms with Crippen molar-refractivity contribution < 1.29 is 23.9 Å². The molecule has 2 aromatic carbocycles. The van der Waals surface area contributed by atoms with Crippen LogP contribution in [0.2, 0.25) is 10.0 Å². The number of oxime groups is 1. The molecule has 0 aromatic heterocycles. The van der Waals surface area contributed by atoms with Crippen LogP contribution in [0.5, 0.6) is 11.5 Å². The van der Waals surface area contributed by atoms with Gasteiger partial charge in [0.05, 0.1) is 37.1 Å². The van der Waals surface area contributed by atoms with Crippen molar-refractivity contribution in [1.82, 2.24) is 0 Å². The highest BCUT2D eigenvalue weighted by atomic mass is 35.5. The molecule has 4 rings (SSSR count). The summed E-state index contributed by atoms with van der Waals surface area (Å²) >= 11 is 12.2. The minimum absolute atomic E-state index is 0.107. The second kappa shape index (κ2) is 7.24. The van der Waals surface area contributed by atoms with Crippen molar-refractivity contribution in [3.8, 4) is 11.5 Å². The molecule has 9 heteroatoms. The Morgan fingerprint density at radius 2 is 1.86 bits per heavy atom. The third-order valence-electron chi connectivity index (χ3n) is 4.93. The number of benzene rings is 2. The Morgan fingerprint density at radius 3 is 2.59 bits per heavy atom. The van der Waals surface area contributed by atoms with Crippen molar-refractivity contribution >= 4 is 46.4 Å². The maximum atomic E-state index is 13.2. The standard InChI is InChI=1S/C20H16Cl2N2O5/c1-27-12-4-6-17(28-2)13(8-12)15-9-20(29-23-15)10-18(25)24(19(20)26)16-7-11(21)3-5-14(16)22/h3-8H,9-10H2,1-2H3. The van der Waals surface area contributed by atoms with Crippen LogP contribution in [0.3, 0.4) is 0 Å². The zero-order chi connectivity index (χ0) is 20.8. The number of imide groups is 1. The Bertz CT molecular complexity index is 1060. The highest BCUT2D eigenvalue weighted by Gasteiger charge is 2.58. The van der Waals surface area contributed by atoms with Gasteiger partial charge < -0.3 is 14.3 Å². The van der Waals surface area contributed by atoms with E-state index in [1.54, 1.807) is 31.4 Å². The Balaban J connectivity index is 1.66. The van der Waals surface area contributed by atoms with Gasteiger partial charge >= 0.3 is 0 Å². The number of anilines is 1. The first kappa shape index (κ1) is 19.5. The fraction of sp³-hybridized carbons (Fsp3) is 0.250. The molecule has 150 valence electrons. The SMILES string of the molecule is COc1ccc(OC)c(C2=NOC3(CC(=O)N(c4cc(Cl)ccc4Cl)C3=O)C2)c1. The molecule has 2 amide bonds. The largest absolute Gasteiger partial charge is 0.497 e. The van der Waals surface area contributed by atoms with Gasteiger partial charge in [-0.15, -0.1) is 0 Å². The predicted molar refractivity (Wildman–Crippen MR) is 108 cm³/mol. The molecule has 2 aliphatic heterocycles. The molecule has 1 saturated heterocycles. The van der Waals surface area contributed by atoms with E-state index in [0.29, 0.717) is 27.8 Å². The van der Waals surface area contributed by atoms with Gasteiger partial charge in [0.15, 0.2) is 0 Å². The second-order valence-corrected chi connectivity index (χ2v) is 7.52. The Morgan fingerprint density at radius 1 is 1.07 bits per heavy atom. The first-order chi connectivity index (χ1) is 13.9. The molecule has 29 heavy (non-hydrogen) atoms. The fourth-order valence-corrected chi connectivity index (χ4v) is 3.86. The molecule has 1 fully saturated rings. The van der Waals surface area contributed by atoms with E-state index in [4.69, 9.17) is 37.5 Å². The summed E-state index contributed by atoms with van der Waals surface area (Å²) < 4.78 is 10.6. The van der Waals surface area contributed by atoms with Crippen LogP contribution in [0.25, 0.3) is 0 Å². The van der Waals surface area contributed by atoms with Crippen molar-refractivity contribution in [3.63, 3.8) is 0 Å². The highest BCUT2D eigenvalue weighted by Crippen LogP contribution is 2.42. The molecular weight excluding hydrogens is 419 g/mol. The van der Waals surface area contributed by atoms with Crippen molar-refractivity contribution in [2.75, 3.05) is 19.1 Å². The summed E-state index contributed by atoms with van der Waals surface area (Å²) in [7, 11) is 3.08. The van der Waals surface area contributed by atoms with Gasteiger partial charge in [-0.2, -0.15) is 0 Å². The Kier molecular flexibility index (Phi) is 4.88. The lowest BCUT2D eigenvalue weighted by Gasteiger charge is -2.20. The summed E-state index contributed by atoms with van der Waals surface area (Å²) in [4.78, 5) is 32.5. The van der Waals surface area contributed by atoms with Crippen LogP contribution in [0.1, 0.15) is 18.4 Å². The Hall–Kier alpha value is -2.77. The summed E-state index contributed by atoms with van der Waals surface area (Å²) in [6.45, 7) is 0. The molecule has 1 spiro atoms. The minimum atomic E-state index is -1.42. The molecule has 2 heterocycles. The molecule has 2 aliphatic rings. The van der Waals surface area contributed by atoms with E-state index in [9.17, 15) is 9.59 Å². The van der Waals surface area contributed by atoms with Crippen LogP contribution in [-0.2, 0) is 14.4 Å². The van der Waals surface area contributed by atoms with E-state index in [1.807, 2.05) is 0 Å². The maximum Gasteiger partial charge on any atom is 0.281 e. The monoisotopic (exact) mass is 434 g/mol. The summed E-state index contributed by atoms with van der Waals surface area (Å²) in [5.74, 6) is 0.183. The van der Waals surface area contributed by atoms with Crippen LogP contribution in [0.15, 0.2) is 41.6 Å². The molecule has 0 aliphatic carbocycles. The molecule has 1 unspecified atom stereocenters. The number of ether oxygens (including phenoxy) is 2. The summed E-state index contributed by atoms with van der Waals surface area (Å²) in [6.07, 6.45) is -0.0518. The zero-order valence-electron chi connectivity index (χ0n) is 15.6. The maximum absolute atomic E-state index is 13.2. The average Bonchev–Trinajstić information content (AvgIpc) is 3.24. The lowest BCUT2D eigenvalue weighted by Crippen LogP contribution is -2.41. The van der Waals surface area contributed by atoms with Gasteiger partial charge in [0.25, 0.3) is 5.91 Å². The van der Waals surface area contributed by atoms with Crippen LogP contribution >= 0.6 is 23.2 Å². The number of carbonyl (C=O) groups is 2. The molecule has 0 bridgehead atoms. The third kappa shape index (κ3) is 3.20. The van der Waals surface area contributed by atoms with Gasteiger partial charge in [0.1, 0.15) is 11.5 Å². The van der Waals surface area contributed by atoms with E-state index in [0.717, 1.165) is 4.90 Å². The lowest BCUT2D eigenvalue weighted by atomic mass is 9.92. The van der Waals surface area contributed by atoms with Crippen LogP contribution < -0.4 is 14.4 Å². The van der Waals surface area contributed by atoms with Crippen molar-refractivity contribution in [2.24, 2.45) is 5.16 Å². The van der Waals surface area contributed by atoms with E-state index >= 15 is 0 Å². The van der Waals surface area contributed by atoms with Gasteiger partial charge in [0.2, 0.25) is 11.5 Å². The number of amides is 2. The predicted octanol–water partition coefficient (Wildman–Crippen LogP) is 3.84. The number of hydrogen-bond donors (Lipinski definition) is 0. The minimum Gasteiger partial charge on any atom is -0.497 e. The van der Waals surface area contributed by atoms with Crippen LogP contribution in [-0.4, -0.2) is 37.3 Å². The first-order valence-electron chi connectivity index (χ1n) is 8.68. The van der Waals surface area contributed by atoms with Crippen LogP contribution in [0.4, 0.5) is 5.69 Å². The molecule has 0 saturated carbocycles. The van der Waals surface area contributed by atoms with Crippen LogP contribution in [0, 0.1) is 0 Å². The van der Waals surface area contributed by atoms with Crippen molar-refractivity contribution in [3.05, 3.63) is 52.0 Å². The molecule has 7 nitrogen and oxygen atoms in total. The quantitative estimate of drug-likeness (QED) is 0.683. The third-order valence-corrected chi connectivity index (χ3v) is 5.48. The number of hydrogen-bond acceptors (Lipinski definition) is 6. The second-order valence-electron chi connectivity index (χ2n) is 6.67. The summed E-state index contributed by atoms with van der Waals surface area (Å²) in [6, 6.07) is 9.82. The number of nitrogens with zero attached hydrogens (tertiary/aromatic N) is 2. The fourth-order valence-electron chi connectivity index (χ4n) is 3.49. The van der Waals surface area contributed by atoms with E-state index in [2.05, 4.69) is 5.16 Å². The van der Waals surface area contributed by atoms with E-state index in [1.165, 1.54) is 19.2 Å². The smallest absolute Gasteiger partial charge is 0.281 e.